The van der Waals surface area contributed by atoms with E-state index >= 15 is 0 Å². The molecule has 15 heavy (non-hydrogen) atoms. The molecule has 1 aromatic rings. The Labute approximate surface area is 90.9 Å². The van der Waals surface area contributed by atoms with Gasteiger partial charge < -0.3 is 9.84 Å². The minimum atomic E-state index is 0.398. The van der Waals surface area contributed by atoms with Crippen LogP contribution in [0.5, 0.6) is 5.75 Å². The van der Waals surface area contributed by atoms with E-state index in [1.165, 1.54) is 0 Å². The van der Waals surface area contributed by atoms with E-state index in [0.717, 1.165) is 18.4 Å². The Hall–Kier alpha value is -1.02. The molecule has 0 aromatic heterocycles. The SMILES string of the molecule is CCC1OC1C(C)Cc1ccccc1O. The summed E-state index contributed by atoms with van der Waals surface area (Å²) in [6, 6.07) is 7.54. The van der Waals surface area contributed by atoms with E-state index in [0.29, 0.717) is 23.9 Å². The van der Waals surface area contributed by atoms with Crippen molar-refractivity contribution in [1.29, 1.82) is 0 Å². The van der Waals surface area contributed by atoms with Crippen LogP contribution in [0.2, 0.25) is 0 Å². The Balaban J connectivity index is 1.95. The molecule has 0 spiro atoms. The number of phenolic OH excluding ortho intramolecular Hbond substituents is 1. The minimum Gasteiger partial charge on any atom is -0.508 e. The number of hydrogen-bond acceptors (Lipinski definition) is 2. The van der Waals surface area contributed by atoms with Crippen LogP contribution in [0.1, 0.15) is 25.8 Å². The maximum atomic E-state index is 9.64. The largest absolute Gasteiger partial charge is 0.508 e. The first kappa shape index (κ1) is 10.5. The van der Waals surface area contributed by atoms with Gasteiger partial charge in [-0.05, 0) is 30.4 Å². The van der Waals surface area contributed by atoms with E-state index in [4.69, 9.17) is 4.74 Å². The maximum Gasteiger partial charge on any atom is 0.118 e. The van der Waals surface area contributed by atoms with Gasteiger partial charge in [0.25, 0.3) is 0 Å². The highest BCUT2D eigenvalue weighted by molar-refractivity contribution is 5.32. The van der Waals surface area contributed by atoms with E-state index in [1.807, 2.05) is 18.2 Å². The van der Waals surface area contributed by atoms with Gasteiger partial charge in [-0.1, -0.05) is 32.0 Å². The van der Waals surface area contributed by atoms with Crippen molar-refractivity contribution in [2.75, 3.05) is 0 Å². The fourth-order valence-corrected chi connectivity index (χ4v) is 2.13. The third-order valence-electron chi connectivity index (χ3n) is 3.12. The lowest BCUT2D eigenvalue weighted by Gasteiger charge is -2.09. The first-order valence-electron chi connectivity index (χ1n) is 5.64. The summed E-state index contributed by atoms with van der Waals surface area (Å²) in [6.07, 6.45) is 2.84. The highest BCUT2D eigenvalue weighted by atomic mass is 16.6. The summed E-state index contributed by atoms with van der Waals surface area (Å²) in [5.74, 6) is 0.890. The van der Waals surface area contributed by atoms with Gasteiger partial charge in [0.05, 0.1) is 12.2 Å². The summed E-state index contributed by atoms with van der Waals surface area (Å²) in [5.41, 5.74) is 1.02. The molecule has 0 bridgehead atoms. The molecule has 82 valence electrons. The van der Waals surface area contributed by atoms with Gasteiger partial charge in [-0.3, -0.25) is 0 Å². The third kappa shape index (κ3) is 2.32. The number of epoxide rings is 1. The molecule has 1 aromatic carbocycles. The van der Waals surface area contributed by atoms with Crippen molar-refractivity contribution in [2.45, 2.75) is 38.9 Å². The van der Waals surface area contributed by atoms with Crippen molar-refractivity contribution in [3.63, 3.8) is 0 Å². The van der Waals surface area contributed by atoms with Gasteiger partial charge in [-0.15, -0.1) is 0 Å². The monoisotopic (exact) mass is 206 g/mol. The first-order valence-corrected chi connectivity index (χ1v) is 5.64. The number of hydrogen-bond donors (Lipinski definition) is 1. The summed E-state index contributed by atoms with van der Waals surface area (Å²) in [7, 11) is 0. The molecule has 1 heterocycles. The standard InChI is InChI=1S/C13H18O2/c1-3-12-13(15-12)9(2)8-10-6-4-5-7-11(10)14/h4-7,9,12-14H,3,8H2,1-2H3. The van der Waals surface area contributed by atoms with Crippen LogP contribution in [0.15, 0.2) is 24.3 Å². The van der Waals surface area contributed by atoms with Crippen molar-refractivity contribution in [1.82, 2.24) is 0 Å². The van der Waals surface area contributed by atoms with Gasteiger partial charge in [-0.25, -0.2) is 0 Å². The second-order valence-electron chi connectivity index (χ2n) is 4.36. The van der Waals surface area contributed by atoms with Crippen molar-refractivity contribution >= 4 is 0 Å². The average Bonchev–Trinajstić information content (AvgIpc) is 3.00. The first-order chi connectivity index (χ1) is 7.22. The fourth-order valence-electron chi connectivity index (χ4n) is 2.13. The van der Waals surface area contributed by atoms with Crippen LogP contribution in [0, 0.1) is 5.92 Å². The number of phenols is 1. The number of aromatic hydroxyl groups is 1. The van der Waals surface area contributed by atoms with E-state index < -0.39 is 0 Å². The molecule has 0 aliphatic carbocycles. The van der Waals surface area contributed by atoms with Crippen LogP contribution in [0.3, 0.4) is 0 Å². The van der Waals surface area contributed by atoms with Crippen LogP contribution in [0.25, 0.3) is 0 Å². The van der Waals surface area contributed by atoms with Gasteiger partial charge in [0.2, 0.25) is 0 Å². The third-order valence-corrected chi connectivity index (χ3v) is 3.12. The Kier molecular flexibility index (Phi) is 2.96. The molecule has 0 saturated carbocycles. The van der Waals surface area contributed by atoms with Crippen LogP contribution >= 0.6 is 0 Å². The summed E-state index contributed by atoms with van der Waals surface area (Å²) >= 11 is 0. The quantitative estimate of drug-likeness (QED) is 0.768. The van der Waals surface area contributed by atoms with Crippen LogP contribution in [0.4, 0.5) is 0 Å². The minimum absolute atomic E-state index is 0.398. The molecule has 1 saturated heterocycles. The predicted octanol–water partition coefficient (Wildman–Crippen LogP) is 2.75. The maximum absolute atomic E-state index is 9.64. The second-order valence-corrected chi connectivity index (χ2v) is 4.36. The second kappa shape index (κ2) is 4.23. The highest BCUT2D eigenvalue weighted by Crippen LogP contribution is 2.34. The molecule has 3 atom stereocenters. The summed E-state index contributed by atoms with van der Waals surface area (Å²) < 4.78 is 5.56. The lowest BCUT2D eigenvalue weighted by molar-refractivity contribution is 0.321. The lowest BCUT2D eigenvalue weighted by Crippen LogP contribution is -2.09. The molecular weight excluding hydrogens is 188 g/mol. The Morgan fingerprint density at radius 2 is 2.13 bits per heavy atom. The molecule has 0 radical (unpaired) electrons. The van der Waals surface area contributed by atoms with Gasteiger partial charge in [0, 0.05) is 0 Å². The van der Waals surface area contributed by atoms with Crippen LogP contribution in [-0.4, -0.2) is 17.3 Å². The molecule has 1 N–H and O–H groups in total. The molecule has 1 fully saturated rings. The number of para-hydroxylation sites is 1. The fraction of sp³-hybridized carbons (Fsp3) is 0.538. The van der Waals surface area contributed by atoms with Crippen molar-refractivity contribution < 1.29 is 9.84 Å². The summed E-state index contributed by atoms with van der Waals surface area (Å²) in [5, 5.41) is 9.64. The topological polar surface area (TPSA) is 32.8 Å². The number of ether oxygens (including phenoxy) is 1. The Bertz CT molecular complexity index is 335. The van der Waals surface area contributed by atoms with Crippen molar-refractivity contribution in [2.24, 2.45) is 5.92 Å². The van der Waals surface area contributed by atoms with E-state index in [2.05, 4.69) is 13.8 Å². The Morgan fingerprint density at radius 3 is 2.73 bits per heavy atom. The van der Waals surface area contributed by atoms with Crippen molar-refractivity contribution in [3.8, 4) is 5.75 Å². The lowest BCUT2D eigenvalue weighted by atomic mass is 9.95. The van der Waals surface area contributed by atoms with Gasteiger partial charge in [0.1, 0.15) is 5.75 Å². The highest BCUT2D eigenvalue weighted by Gasteiger charge is 2.41. The molecule has 1 aliphatic rings. The molecule has 2 rings (SSSR count). The zero-order chi connectivity index (χ0) is 10.8. The van der Waals surface area contributed by atoms with E-state index in [-0.39, 0.29) is 0 Å². The smallest absolute Gasteiger partial charge is 0.118 e. The number of benzene rings is 1. The van der Waals surface area contributed by atoms with E-state index in [9.17, 15) is 5.11 Å². The molecule has 2 heteroatoms. The zero-order valence-electron chi connectivity index (χ0n) is 9.31. The van der Waals surface area contributed by atoms with Crippen LogP contribution < -0.4 is 0 Å². The van der Waals surface area contributed by atoms with Crippen molar-refractivity contribution in [3.05, 3.63) is 29.8 Å². The molecule has 3 unspecified atom stereocenters. The average molecular weight is 206 g/mol. The van der Waals surface area contributed by atoms with Crippen LogP contribution in [-0.2, 0) is 11.2 Å². The van der Waals surface area contributed by atoms with Gasteiger partial charge in [0.15, 0.2) is 0 Å². The van der Waals surface area contributed by atoms with E-state index in [1.54, 1.807) is 6.07 Å². The Morgan fingerprint density at radius 1 is 1.40 bits per heavy atom. The summed E-state index contributed by atoms with van der Waals surface area (Å²) in [4.78, 5) is 0. The normalized spacial score (nSPS) is 26.3. The van der Waals surface area contributed by atoms with Gasteiger partial charge >= 0.3 is 0 Å². The molecular formula is C13H18O2. The molecule has 0 amide bonds. The molecule has 2 nitrogen and oxygen atoms in total. The summed E-state index contributed by atoms with van der Waals surface area (Å²) in [6.45, 7) is 4.34. The zero-order valence-corrected chi connectivity index (χ0v) is 9.31. The number of rotatable bonds is 4. The molecule has 1 aliphatic heterocycles. The predicted molar refractivity (Wildman–Crippen MR) is 59.9 cm³/mol. The van der Waals surface area contributed by atoms with Gasteiger partial charge in [-0.2, -0.15) is 0 Å².